The van der Waals surface area contributed by atoms with Crippen molar-refractivity contribution in [2.45, 2.75) is 57.7 Å². The fraction of sp³-hybridized carbons (Fsp3) is 0.294. The van der Waals surface area contributed by atoms with Gasteiger partial charge in [-0.05, 0) is 69.4 Å². The molecule has 8 nitrogen and oxygen atoms in total. The Hall–Kier alpha value is -4.72. The summed E-state index contributed by atoms with van der Waals surface area (Å²) in [4.78, 5) is 36.7. The Balaban J connectivity index is 1.37. The van der Waals surface area contributed by atoms with Crippen molar-refractivity contribution in [1.82, 2.24) is 15.3 Å². The zero-order chi connectivity index (χ0) is 29.3. The number of fused-ring (bicyclic) bond motifs is 1. The first kappa shape index (κ1) is 27.4. The molecule has 1 fully saturated rings. The second-order valence-corrected chi connectivity index (χ2v) is 11.8. The van der Waals surface area contributed by atoms with Crippen LogP contribution in [0.3, 0.4) is 0 Å². The molecule has 214 valence electrons. The third-order valence-corrected chi connectivity index (χ3v) is 7.68. The van der Waals surface area contributed by atoms with E-state index in [2.05, 4.69) is 22.4 Å². The molecular formula is C34H34N4O4. The third-order valence-electron chi connectivity index (χ3n) is 7.68. The molecular weight excluding hydrogens is 528 g/mol. The normalized spacial score (nSPS) is 15.7. The first-order chi connectivity index (χ1) is 20.2. The standard InChI is InChI=1S/C34H34N4O4/c1-33(2,3)42-32(40)37-34(17-9-18-34)25-15-13-24(14-16-25)30-27(23-10-5-4-6-11-23)20-28-31(36-30)41-22-29(39)38(28)21-26-12-7-8-19-35-26/h4-8,10-16,19-20H,9,17-18,21-22H2,1-3H3,(H,37,40). The van der Waals surface area contributed by atoms with Gasteiger partial charge in [-0.25, -0.2) is 9.78 Å². The Bertz CT molecular complexity index is 1590. The van der Waals surface area contributed by atoms with E-state index in [9.17, 15) is 9.59 Å². The van der Waals surface area contributed by atoms with Crippen molar-refractivity contribution in [3.63, 3.8) is 0 Å². The predicted octanol–water partition coefficient (Wildman–Crippen LogP) is 6.64. The molecule has 1 aliphatic heterocycles. The molecule has 0 saturated heterocycles. The molecule has 4 aromatic rings. The summed E-state index contributed by atoms with van der Waals surface area (Å²) >= 11 is 0. The van der Waals surface area contributed by atoms with Crippen molar-refractivity contribution in [2.75, 3.05) is 11.5 Å². The maximum absolute atomic E-state index is 13.0. The predicted molar refractivity (Wildman–Crippen MR) is 161 cm³/mol. The van der Waals surface area contributed by atoms with Crippen LogP contribution in [0, 0.1) is 0 Å². The molecule has 0 radical (unpaired) electrons. The fourth-order valence-electron chi connectivity index (χ4n) is 5.47. The van der Waals surface area contributed by atoms with E-state index in [0.29, 0.717) is 18.1 Å². The van der Waals surface area contributed by atoms with Crippen LogP contribution in [0.1, 0.15) is 51.3 Å². The number of anilines is 1. The molecule has 0 bridgehead atoms. The van der Waals surface area contributed by atoms with Crippen LogP contribution in [0.25, 0.3) is 22.4 Å². The summed E-state index contributed by atoms with van der Waals surface area (Å²) in [5.74, 6) is 0.265. The van der Waals surface area contributed by atoms with E-state index in [-0.39, 0.29) is 12.5 Å². The van der Waals surface area contributed by atoms with E-state index in [1.807, 2.05) is 87.5 Å². The lowest BCUT2D eigenvalue weighted by Crippen LogP contribution is -2.52. The summed E-state index contributed by atoms with van der Waals surface area (Å²) in [7, 11) is 0. The molecule has 1 saturated carbocycles. The first-order valence-corrected chi connectivity index (χ1v) is 14.3. The van der Waals surface area contributed by atoms with Crippen molar-refractivity contribution >= 4 is 17.7 Å². The molecule has 2 aromatic carbocycles. The zero-order valence-electron chi connectivity index (χ0n) is 24.1. The molecule has 2 amide bonds. The summed E-state index contributed by atoms with van der Waals surface area (Å²) in [6, 6.07) is 25.8. The van der Waals surface area contributed by atoms with E-state index >= 15 is 0 Å². The molecule has 8 heteroatoms. The fourth-order valence-corrected chi connectivity index (χ4v) is 5.47. The highest BCUT2D eigenvalue weighted by molar-refractivity contribution is 5.99. The third kappa shape index (κ3) is 5.57. The van der Waals surface area contributed by atoms with Crippen LogP contribution in [0.15, 0.2) is 85.1 Å². The number of alkyl carbamates (subject to hydrolysis) is 1. The minimum atomic E-state index is -0.565. The summed E-state index contributed by atoms with van der Waals surface area (Å²) in [5.41, 5.74) is 4.94. The van der Waals surface area contributed by atoms with Crippen LogP contribution in [0.2, 0.25) is 0 Å². The number of carbonyl (C=O) groups is 2. The van der Waals surface area contributed by atoms with Gasteiger partial charge in [-0.2, -0.15) is 0 Å². The minimum absolute atomic E-state index is 0.0885. The quantitative estimate of drug-likeness (QED) is 0.283. The lowest BCUT2D eigenvalue weighted by molar-refractivity contribution is -0.121. The lowest BCUT2D eigenvalue weighted by Gasteiger charge is -2.43. The maximum Gasteiger partial charge on any atom is 0.408 e. The second kappa shape index (κ2) is 10.9. The zero-order valence-corrected chi connectivity index (χ0v) is 24.1. The topological polar surface area (TPSA) is 93.6 Å². The van der Waals surface area contributed by atoms with Crippen LogP contribution in [0.5, 0.6) is 5.88 Å². The second-order valence-electron chi connectivity index (χ2n) is 11.8. The number of ether oxygens (including phenoxy) is 2. The molecule has 1 N–H and O–H groups in total. The molecule has 42 heavy (non-hydrogen) atoms. The molecule has 6 rings (SSSR count). The SMILES string of the molecule is CC(C)(C)OC(=O)NC1(c2ccc(-c3nc4c(cc3-c3ccccc3)N(Cc3ccccn3)C(=O)CO4)cc2)CCC1. The Kier molecular flexibility index (Phi) is 7.14. The van der Waals surface area contributed by atoms with Crippen LogP contribution in [-0.2, 0) is 21.6 Å². The summed E-state index contributed by atoms with van der Waals surface area (Å²) in [6.07, 6.45) is 4.06. The van der Waals surface area contributed by atoms with Crippen LogP contribution in [0.4, 0.5) is 10.5 Å². The minimum Gasteiger partial charge on any atom is -0.466 e. The summed E-state index contributed by atoms with van der Waals surface area (Å²) in [5, 5.41) is 3.13. The smallest absolute Gasteiger partial charge is 0.408 e. The highest BCUT2D eigenvalue weighted by Gasteiger charge is 2.41. The number of pyridine rings is 2. The van der Waals surface area contributed by atoms with Gasteiger partial charge < -0.3 is 14.8 Å². The number of nitrogens with one attached hydrogen (secondary N) is 1. The monoisotopic (exact) mass is 562 g/mol. The Morgan fingerprint density at radius 1 is 1.00 bits per heavy atom. The van der Waals surface area contributed by atoms with Gasteiger partial charge in [-0.1, -0.05) is 60.7 Å². The van der Waals surface area contributed by atoms with E-state index in [0.717, 1.165) is 52.9 Å². The maximum atomic E-state index is 13.0. The Morgan fingerprint density at radius 2 is 1.74 bits per heavy atom. The van der Waals surface area contributed by atoms with Gasteiger partial charge in [-0.15, -0.1) is 0 Å². The van der Waals surface area contributed by atoms with Crippen molar-refractivity contribution in [2.24, 2.45) is 0 Å². The number of hydrogen-bond donors (Lipinski definition) is 1. The Morgan fingerprint density at radius 3 is 2.38 bits per heavy atom. The number of rotatable bonds is 6. The van der Waals surface area contributed by atoms with E-state index in [4.69, 9.17) is 14.5 Å². The van der Waals surface area contributed by atoms with Gasteiger partial charge in [0.2, 0.25) is 5.88 Å². The molecule has 1 aliphatic carbocycles. The van der Waals surface area contributed by atoms with Gasteiger partial charge in [0.15, 0.2) is 6.61 Å². The van der Waals surface area contributed by atoms with Crippen LogP contribution >= 0.6 is 0 Å². The Labute approximate surface area is 245 Å². The largest absolute Gasteiger partial charge is 0.466 e. The number of aromatic nitrogens is 2. The van der Waals surface area contributed by atoms with Crippen molar-refractivity contribution < 1.29 is 19.1 Å². The summed E-state index contributed by atoms with van der Waals surface area (Å²) in [6.45, 7) is 5.83. The highest BCUT2D eigenvalue weighted by atomic mass is 16.6. The van der Waals surface area contributed by atoms with Gasteiger partial charge >= 0.3 is 6.09 Å². The van der Waals surface area contributed by atoms with E-state index < -0.39 is 17.2 Å². The van der Waals surface area contributed by atoms with Gasteiger partial charge in [-0.3, -0.25) is 14.7 Å². The van der Waals surface area contributed by atoms with Gasteiger partial charge in [0.25, 0.3) is 5.91 Å². The van der Waals surface area contributed by atoms with Crippen LogP contribution in [-0.4, -0.2) is 34.2 Å². The number of carbonyl (C=O) groups excluding carboxylic acids is 2. The number of amides is 2. The molecule has 2 aromatic heterocycles. The van der Waals surface area contributed by atoms with Crippen LogP contribution < -0.4 is 15.0 Å². The average Bonchev–Trinajstić information content (AvgIpc) is 2.96. The van der Waals surface area contributed by atoms with Gasteiger partial charge in [0, 0.05) is 17.3 Å². The molecule has 3 heterocycles. The van der Waals surface area contributed by atoms with Gasteiger partial charge in [0.1, 0.15) is 11.3 Å². The van der Waals surface area contributed by atoms with E-state index in [1.54, 1.807) is 11.1 Å². The van der Waals surface area contributed by atoms with Crippen molar-refractivity contribution in [3.05, 3.63) is 96.3 Å². The number of nitrogens with zero attached hydrogens (tertiary/aromatic N) is 3. The molecule has 0 spiro atoms. The van der Waals surface area contributed by atoms with E-state index in [1.165, 1.54) is 0 Å². The highest BCUT2D eigenvalue weighted by Crippen LogP contribution is 2.44. The van der Waals surface area contributed by atoms with Crippen molar-refractivity contribution in [1.29, 1.82) is 0 Å². The first-order valence-electron chi connectivity index (χ1n) is 14.3. The van der Waals surface area contributed by atoms with Gasteiger partial charge in [0.05, 0.1) is 23.5 Å². The van der Waals surface area contributed by atoms with Crippen molar-refractivity contribution in [3.8, 4) is 28.3 Å². The summed E-state index contributed by atoms with van der Waals surface area (Å²) < 4.78 is 11.4. The molecule has 2 aliphatic rings. The molecule has 0 atom stereocenters. The molecule has 0 unspecified atom stereocenters. The number of benzene rings is 2. The average molecular weight is 563 g/mol. The number of hydrogen-bond acceptors (Lipinski definition) is 6. The lowest BCUT2D eigenvalue weighted by atomic mass is 9.71.